The molecule has 2 unspecified atom stereocenters. The Labute approximate surface area is 124 Å². The van der Waals surface area contributed by atoms with E-state index < -0.39 is 0 Å². The van der Waals surface area contributed by atoms with Crippen LogP contribution in [0.2, 0.25) is 0 Å². The SMILES string of the molecule is Cc1cccc2ncnc(NC3CCCCC3C(N)=O)c12. The number of primary amides is 1. The van der Waals surface area contributed by atoms with Crippen LogP contribution in [0.25, 0.3) is 10.9 Å². The molecule has 3 N–H and O–H groups in total. The number of anilines is 1. The third-order valence-electron chi connectivity index (χ3n) is 4.32. The van der Waals surface area contributed by atoms with Crippen molar-refractivity contribution in [2.75, 3.05) is 5.32 Å². The predicted octanol–water partition coefficient (Wildman–Crippen LogP) is 2.39. The quantitative estimate of drug-likeness (QED) is 0.906. The van der Waals surface area contributed by atoms with E-state index in [1.807, 2.05) is 25.1 Å². The second kappa shape index (κ2) is 5.68. The number of carbonyl (C=O) groups excluding carboxylic acids is 1. The molecule has 2 aromatic rings. The summed E-state index contributed by atoms with van der Waals surface area (Å²) in [6.45, 7) is 2.04. The van der Waals surface area contributed by atoms with Crippen LogP contribution in [0.4, 0.5) is 5.82 Å². The van der Waals surface area contributed by atoms with Gasteiger partial charge in [0.25, 0.3) is 0 Å². The molecule has 0 bridgehead atoms. The topological polar surface area (TPSA) is 80.9 Å². The summed E-state index contributed by atoms with van der Waals surface area (Å²) in [5, 5.41) is 4.47. The Bertz CT molecular complexity index is 665. The van der Waals surface area contributed by atoms with Gasteiger partial charge in [0.1, 0.15) is 12.1 Å². The number of hydrogen-bond acceptors (Lipinski definition) is 4. The summed E-state index contributed by atoms with van der Waals surface area (Å²) in [6, 6.07) is 6.07. The van der Waals surface area contributed by atoms with E-state index in [1.165, 1.54) is 0 Å². The molecular weight excluding hydrogens is 264 g/mol. The summed E-state index contributed by atoms with van der Waals surface area (Å²) in [7, 11) is 0. The van der Waals surface area contributed by atoms with E-state index in [-0.39, 0.29) is 17.9 Å². The highest BCUT2D eigenvalue weighted by molar-refractivity contribution is 5.92. The second-order valence-corrected chi connectivity index (χ2v) is 5.74. The molecule has 5 heteroatoms. The molecule has 0 saturated heterocycles. The van der Waals surface area contributed by atoms with E-state index in [1.54, 1.807) is 6.33 Å². The van der Waals surface area contributed by atoms with Gasteiger partial charge in [-0.05, 0) is 31.4 Å². The number of rotatable bonds is 3. The molecule has 1 aromatic carbocycles. The fourth-order valence-electron chi connectivity index (χ4n) is 3.21. The molecule has 1 fully saturated rings. The van der Waals surface area contributed by atoms with Gasteiger partial charge in [0.05, 0.1) is 11.4 Å². The molecule has 21 heavy (non-hydrogen) atoms. The molecule has 1 aliphatic carbocycles. The zero-order valence-corrected chi connectivity index (χ0v) is 12.2. The van der Waals surface area contributed by atoms with Crippen molar-refractivity contribution in [2.45, 2.75) is 38.6 Å². The first-order valence-corrected chi connectivity index (χ1v) is 7.43. The summed E-state index contributed by atoms with van der Waals surface area (Å²) < 4.78 is 0. The number of carbonyl (C=O) groups is 1. The minimum absolute atomic E-state index is 0.0638. The smallest absolute Gasteiger partial charge is 0.222 e. The van der Waals surface area contributed by atoms with Crippen LogP contribution in [0.3, 0.4) is 0 Å². The standard InChI is InChI=1S/C16H20N4O/c1-10-5-4-8-13-14(10)16(19-9-18-13)20-12-7-3-2-6-11(12)15(17)21/h4-5,8-9,11-12H,2-3,6-7H2,1H3,(H2,17,21)(H,18,19,20). The molecule has 1 aromatic heterocycles. The van der Waals surface area contributed by atoms with E-state index in [0.717, 1.165) is 48.0 Å². The number of benzene rings is 1. The zero-order valence-electron chi connectivity index (χ0n) is 12.2. The lowest BCUT2D eigenvalue weighted by Crippen LogP contribution is -2.40. The van der Waals surface area contributed by atoms with Crippen LogP contribution in [-0.2, 0) is 4.79 Å². The van der Waals surface area contributed by atoms with Gasteiger partial charge in [-0.3, -0.25) is 4.79 Å². The lowest BCUT2D eigenvalue weighted by Gasteiger charge is -2.30. The van der Waals surface area contributed by atoms with Crippen molar-refractivity contribution in [2.24, 2.45) is 11.7 Å². The van der Waals surface area contributed by atoms with Crippen LogP contribution in [0, 0.1) is 12.8 Å². The first kappa shape index (κ1) is 13.8. The summed E-state index contributed by atoms with van der Waals surface area (Å²) in [4.78, 5) is 20.3. The van der Waals surface area contributed by atoms with Crippen molar-refractivity contribution >= 4 is 22.6 Å². The molecule has 2 atom stereocenters. The van der Waals surface area contributed by atoms with Crippen LogP contribution in [0.15, 0.2) is 24.5 Å². The average Bonchev–Trinajstić information content (AvgIpc) is 2.48. The Balaban J connectivity index is 1.95. The fraction of sp³-hybridized carbons (Fsp3) is 0.438. The zero-order chi connectivity index (χ0) is 14.8. The minimum Gasteiger partial charge on any atom is -0.369 e. The van der Waals surface area contributed by atoms with Crippen molar-refractivity contribution in [3.05, 3.63) is 30.1 Å². The summed E-state index contributed by atoms with van der Waals surface area (Å²) in [5.74, 6) is 0.464. The first-order valence-electron chi connectivity index (χ1n) is 7.43. The lowest BCUT2D eigenvalue weighted by molar-refractivity contribution is -0.122. The van der Waals surface area contributed by atoms with Gasteiger partial charge in [-0.1, -0.05) is 25.0 Å². The molecule has 1 saturated carbocycles. The van der Waals surface area contributed by atoms with Crippen LogP contribution >= 0.6 is 0 Å². The lowest BCUT2D eigenvalue weighted by atomic mass is 9.84. The maximum atomic E-state index is 11.6. The number of fused-ring (bicyclic) bond motifs is 1. The molecule has 110 valence electrons. The van der Waals surface area contributed by atoms with Gasteiger partial charge in [-0.25, -0.2) is 9.97 Å². The molecule has 1 aliphatic rings. The fourth-order valence-corrected chi connectivity index (χ4v) is 3.21. The first-order chi connectivity index (χ1) is 10.2. The molecule has 0 aliphatic heterocycles. The molecule has 0 spiro atoms. The Kier molecular flexibility index (Phi) is 3.73. The number of aromatic nitrogens is 2. The number of nitrogens with one attached hydrogen (secondary N) is 1. The van der Waals surface area contributed by atoms with Crippen molar-refractivity contribution in [1.29, 1.82) is 0 Å². The van der Waals surface area contributed by atoms with Gasteiger partial charge < -0.3 is 11.1 Å². The largest absolute Gasteiger partial charge is 0.369 e. The summed E-state index contributed by atoms with van der Waals surface area (Å²) >= 11 is 0. The van der Waals surface area contributed by atoms with E-state index in [9.17, 15) is 4.79 Å². The Hall–Kier alpha value is -2.17. The van der Waals surface area contributed by atoms with Gasteiger partial charge in [-0.2, -0.15) is 0 Å². The predicted molar refractivity (Wildman–Crippen MR) is 82.8 cm³/mol. The Morgan fingerprint density at radius 3 is 2.90 bits per heavy atom. The van der Waals surface area contributed by atoms with Gasteiger partial charge in [0.15, 0.2) is 0 Å². The molecule has 1 heterocycles. The number of hydrogen-bond donors (Lipinski definition) is 2. The van der Waals surface area contributed by atoms with E-state index in [2.05, 4.69) is 15.3 Å². The maximum Gasteiger partial charge on any atom is 0.222 e. The molecule has 0 radical (unpaired) electrons. The van der Waals surface area contributed by atoms with Crippen molar-refractivity contribution in [3.63, 3.8) is 0 Å². The molecule has 3 rings (SSSR count). The average molecular weight is 284 g/mol. The van der Waals surface area contributed by atoms with Crippen molar-refractivity contribution < 1.29 is 4.79 Å². The monoisotopic (exact) mass is 284 g/mol. The highest BCUT2D eigenvalue weighted by Gasteiger charge is 2.29. The van der Waals surface area contributed by atoms with Gasteiger partial charge >= 0.3 is 0 Å². The van der Waals surface area contributed by atoms with E-state index in [0.29, 0.717) is 0 Å². The normalized spacial score (nSPS) is 22.1. The number of nitrogens with zero attached hydrogens (tertiary/aromatic N) is 2. The van der Waals surface area contributed by atoms with Crippen LogP contribution in [-0.4, -0.2) is 21.9 Å². The highest BCUT2D eigenvalue weighted by atomic mass is 16.1. The van der Waals surface area contributed by atoms with Crippen LogP contribution < -0.4 is 11.1 Å². The Morgan fingerprint density at radius 1 is 1.29 bits per heavy atom. The number of aryl methyl sites for hydroxylation is 1. The highest BCUT2D eigenvalue weighted by Crippen LogP contribution is 2.29. The maximum absolute atomic E-state index is 11.6. The van der Waals surface area contributed by atoms with Gasteiger partial charge in [-0.15, -0.1) is 0 Å². The molecule has 1 amide bonds. The van der Waals surface area contributed by atoms with Crippen LogP contribution in [0.1, 0.15) is 31.2 Å². The number of amides is 1. The summed E-state index contributed by atoms with van der Waals surface area (Å²) in [6.07, 6.45) is 5.55. The molecular formula is C16H20N4O. The van der Waals surface area contributed by atoms with Gasteiger partial charge in [0, 0.05) is 11.4 Å². The van der Waals surface area contributed by atoms with Crippen molar-refractivity contribution in [3.8, 4) is 0 Å². The third kappa shape index (κ3) is 2.68. The molecule has 5 nitrogen and oxygen atoms in total. The van der Waals surface area contributed by atoms with E-state index >= 15 is 0 Å². The van der Waals surface area contributed by atoms with Gasteiger partial charge in [0.2, 0.25) is 5.91 Å². The summed E-state index contributed by atoms with van der Waals surface area (Å²) in [5.41, 5.74) is 7.58. The van der Waals surface area contributed by atoms with E-state index in [4.69, 9.17) is 5.73 Å². The van der Waals surface area contributed by atoms with Crippen molar-refractivity contribution in [1.82, 2.24) is 9.97 Å². The Morgan fingerprint density at radius 2 is 2.10 bits per heavy atom. The van der Waals surface area contributed by atoms with Crippen LogP contribution in [0.5, 0.6) is 0 Å². The third-order valence-corrected chi connectivity index (χ3v) is 4.32. The minimum atomic E-state index is -0.220. The second-order valence-electron chi connectivity index (χ2n) is 5.74. The number of nitrogens with two attached hydrogens (primary N) is 1.